The van der Waals surface area contributed by atoms with E-state index >= 15 is 0 Å². The molecule has 0 spiro atoms. The van der Waals surface area contributed by atoms with E-state index in [1.807, 2.05) is 0 Å². The van der Waals surface area contributed by atoms with Crippen molar-refractivity contribution in [1.29, 1.82) is 0 Å². The van der Waals surface area contributed by atoms with Gasteiger partial charge in [0.1, 0.15) is 5.56 Å². The topological polar surface area (TPSA) is 60.2 Å². The fourth-order valence-corrected chi connectivity index (χ4v) is 2.23. The first kappa shape index (κ1) is 15.3. The molecule has 18 heavy (non-hydrogen) atoms. The molecular formula is C9H4BrF3INO3. The fourth-order valence-electron chi connectivity index (χ4n) is 1.33. The van der Waals surface area contributed by atoms with Crippen LogP contribution in [-0.2, 0) is 6.18 Å². The lowest BCUT2D eigenvalue weighted by atomic mass is 10.0. The minimum absolute atomic E-state index is 0.191. The van der Waals surface area contributed by atoms with Crippen LogP contribution >= 0.6 is 38.5 Å². The average molecular weight is 438 g/mol. The van der Waals surface area contributed by atoms with E-state index in [1.165, 1.54) is 0 Å². The Morgan fingerprint density at radius 2 is 2.00 bits per heavy atom. The number of carbonyl (C=O) groups is 1. The summed E-state index contributed by atoms with van der Waals surface area (Å²) in [7, 11) is 0. The highest BCUT2D eigenvalue weighted by molar-refractivity contribution is 14.1. The molecule has 0 radical (unpaired) electrons. The number of halogens is 5. The minimum Gasteiger partial charge on any atom is -0.293 e. The van der Waals surface area contributed by atoms with Crippen LogP contribution in [0.1, 0.15) is 15.9 Å². The summed E-state index contributed by atoms with van der Waals surface area (Å²) in [6.07, 6.45) is -4.96. The lowest BCUT2D eigenvalue weighted by Gasteiger charge is -2.12. The lowest BCUT2D eigenvalue weighted by molar-refractivity contribution is -0.388. The van der Waals surface area contributed by atoms with Gasteiger partial charge in [0.25, 0.3) is 5.69 Å². The van der Waals surface area contributed by atoms with Crippen LogP contribution in [0, 0.1) is 13.7 Å². The summed E-state index contributed by atoms with van der Waals surface area (Å²) in [5, 5.41) is 10.3. The van der Waals surface area contributed by atoms with Crippen molar-refractivity contribution in [1.82, 2.24) is 0 Å². The Labute approximate surface area is 121 Å². The number of hydrogen-bond acceptors (Lipinski definition) is 3. The van der Waals surface area contributed by atoms with Gasteiger partial charge in [0.05, 0.1) is 10.3 Å². The summed E-state index contributed by atoms with van der Waals surface area (Å²) in [5.41, 5.74) is -3.31. The van der Waals surface area contributed by atoms with Crippen molar-refractivity contribution < 1.29 is 22.9 Å². The van der Waals surface area contributed by atoms with Crippen molar-refractivity contribution in [2.75, 3.05) is 5.33 Å². The van der Waals surface area contributed by atoms with Gasteiger partial charge >= 0.3 is 6.18 Å². The van der Waals surface area contributed by atoms with Gasteiger partial charge in [0.2, 0.25) is 0 Å². The maximum Gasteiger partial charge on any atom is 0.423 e. The van der Waals surface area contributed by atoms with Crippen molar-refractivity contribution in [3.05, 3.63) is 36.9 Å². The Kier molecular flexibility index (Phi) is 4.70. The Balaban J connectivity index is 3.69. The number of ketones is 1. The smallest absolute Gasteiger partial charge is 0.293 e. The van der Waals surface area contributed by atoms with Gasteiger partial charge in [-0.25, -0.2) is 0 Å². The van der Waals surface area contributed by atoms with Gasteiger partial charge in [-0.1, -0.05) is 15.9 Å². The number of benzene rings is 1. The zero-order valence-corrected chi connectivity index (χ0v) is 12.2. The highest BCUT2D eigenvalue weighted by atomic mass is 127. The lowest BCUT2D eigenvalue weighted by Crippen LogP contribution is -2.17. The van der Waals surface area contributed by atoms with Gasteiger partial charge in [-0.15, -0.1) is 0 Å². The molecule has 0 aliphatic carbocycles. The van der Waals surface area contributed by atoms with Crippen LogP contribution in [-0.4, -0.2) is 16.0 Å². The minimum atomic E-state index is -4.96. The van der Waals surface area contributed by atoms with E-state index in [4.69, 9.17) is 0 Å². The normalized spacial score (nSPS) is 11.4. The van der Waals surface area contributed by atoms with Gasteiger partial charge in [0.15, 0.2) is 5.78 Å². The number of carbonyl (C=O) groups excluding carboxylic acids is 1. The van der Waals surface area contributed by atoms with E-state index in [0.29, 0.717) is 0 Å². The van der Waals surface area contributed by atoms with E-state index in [-0.39, 0.29) is 8.90 Å². The van der Waals surface area contributed by atoms with Crippen LogP contribution in [0.2, 0.25) is 0 Å². The molecule has 0 N–H and O–H groups in total. The zero-order valence-electron chi connectivity index (χ0n) is 8.42. The molecule has 0 fully saturated rings. The molecule has 4 nitrogen and oxygen atoms in total. The summed E-state index contributed by atoms with van der Waals surface area (Å²) < 4.78 is 38.7. The van der Waals surface area contributed by atoms with Crippen molar-refractivity contribution in [3.8, 4) is 0 Å². The van der Waals surface area contributed by atoms with Crippen molar-refractivity contribution >= 4 is 50.0 Å². The standard InChI is InChI=1S/C9H4BrF3INO3/c10-3-7(16)5-1-4(14)2-6(15(17)18)8(5)9(11,12)13/h1-2H,3H2. The SMILES string of the molecule is O=C(CBr)c1cc(I)cc([N+](=O)[O-])c1C(F)(F)F. The van der Waals surface area contributed by atoms with E-state index in [0.717, 1.165) is 12.1 Å². The molecule has 9 heteroatoms. The van der Waals surface area contributed by atoms with Gasteiger partial charge in [-0.2, -0.15) is 13.2 Å². The summed E-state index contributed by atoms with van der Waals surface area (Å²) >= 11 is 4.37. The predicted molar refractivity (Wildman–Crippen MR) is 68.9 cm³/mol. The van der Waals surface area contributed by atoms with Crippen LogP contribution < -0.4 is 0 Å². The Morgan fingerprint density at radius 1 is 1.44 bits per heavy atom. The van der Waals surface area contributed by atoms with E-state index in [9.17, 15) is 28.1 Å². The molecule has 0 heterocycles. The molecule has 0 saturated carbocycles. The van der Waals surface area contributed by atoms with Crippen molar-refractivity contribution in [3.63, 3.8) is 0 Å². The van der Waals surface area contributed by atoms with Gasteiger partial charge in [-0.3, -0.25) is 14.9 Å². The summed E-state index contributed by atoms with van der Waals surface area (Å²) in [6, 6.07) is 1.77. The first-order valence-electron chi connectivity index (χ1n) is 4.32. The number of nitrogens with zero attached hydrogens (tertiary/aromatic N) is 1. The van der Waals surface area contributed by atoms with Gasteiger partial charge in [0, 0.05) is 15.2 Å². The largest absolute Gasteiger partial charge is 0.423 e. The van der Waals surface area contributed by atoms with Crippen LogP contribution in [0.4, 0.5) is 18.9 Å². The summed E-state index contributed by atoms with van der Waals surface area (Å²) in [4.78, 5) is 21.0. The molecule has 0 bridgehead atoms. The molecule has 1 rings (SSSR count). The van der Waals surface area contributed by atoms with Gasteiger partial charge < -0.3 is 0 Å². The zero-order chi connectivity index (χ0) is 14.1. The predicted octanol–water partition coefficient (Wildman–Crippen LogP) is 3.80. The third kappa shape index (κ3) is 3.19. The monoisotopic (exact) mass is 437 g/mol. The molecule has 1 aromatic rings. The van der Waals surface area contributed by atoms with E-state index in [1.54, 1.807) is 22.6 Å². The third-order valence-corrected chi connectivity index (χ3v) is 3.12. The second-order valence-corrected chi connectivity index (χ2v) is 4.97. The Bertz CT molecular complexity index is 519. The maximum absolute atomic E-state index is 12.8. The number of hydrogen-bond donors (Lipinski definition) is 0. The summed E-state index contributed by atoms with van der Waals surface area (Å²) in [5.74, 6) is -0.857. The van der Waals surface area contributed by atoms with Crippen molar-refractivity contribution in [2.24, 2.45) is 0 Å². The number of Topliss-reactive ketones (excluding diaryl/α,β-unsaturated/α-hetero) is 1. The molecule has 98 valence electrons. The average Bonchev–Trinajstić information content (AvgIpc) is 2.24. The van der Waals surface area contributed by atoms with Crippen LogP contribution in [0.3, 0.4) is 0 Å². The van der Waals surface area contributed by atoms with Crippen molar-refractivity contribution in [2.45, 2.75) is 6.18 Å². The molecule has 1 aromatic carbocycles. The molecule has 0 aromatic heterocycles. The quantitative estimate of drug-likeness (QED) is 0.237. The number of nitro groups is 1. The second-order valence-electron chi connectivity index (χ2n) is 3.16. The molecule has 0 aliphatic rings. The van der Waals surface area contributed by atoms with E-state index in [2.05, 4.69) is 15.9 Å². The molecular weight excluding hydrogens is 434 g/mol. The first-order chi connectivity index (χ1) is 8.18. The van der Waals surface area contributed by atoms with Gasteiger partial charge in [-0.05, 0) is 28.7 Å². The van der Waals surface area contributed by atoms with Crippen LogP contribution in [0.25, 0.3) is 0 Å². The Hall–Kier alpha value is -0.710. The molecule has 0 aliphatic heterocycles. The summed E-state index contributed by atoms with van der Waals surface area (Å²) in [6.45, 7) is 0. The molecule has 0 unspecified atom stereocenters. The number of nitro benzene ring substituents is 1. The number of rotatable bonds is 3. The third-order valence-electron chi connectivity index (χ3n) is 1.98. The first-order valence-corrected chi connectivity index (χ1v) is 6.52. The highest BCUT2D eigenvalue weighted by Gasteiger charge is 2.42. The molecule has 0 amide bonds. The fraction of sp³-hybridized carbons (Fsp3) is 0.222. The Morgan fingerprint density at radius 3 is 2.39 bits per heavy atom. The highest BCUT2D eigenvalue weighted by Crippen LogP contribution is 2.39. The second kappa shape index (κ2) is 5.51. The van der Waals surface area contributed by atoms with Crippen LogP contribution in [0.15, 0.2) is 12.1 Å². The van der Waals surface area contributed by atoms with Crippen LogP contribution in [0.5, 0.6) is 0 Å². The maximum atomic E-state index is 12.8. The molecule has 0 atom stereocenters. The molecule has 0 saturated heterocycles. The van der Waals surface area contributed by atoms with E-state index < -0.39 is 33.7 Å². The number of alkyl halides is 4.